The van der Waals surface area contributed by atoms with Crippen molar-refractivity contribution in [3.8, 4) is 0 Å². The molecule has 0 amide bonds. The van der Waals surface area contributed by atoms with Gasteiger partial charge in [0.15, 0.2) is 5.82 Å². The minimum atomic E-state index is -0.369. The van der Waals surface area contributed by atoms with E-state index in [2.05, 4.69) is 34.1 Å². The second-order valence-electron chi connectivity index (χ2n) is 11.2. The van der Waals surface area contributed by atoms with E-state index in [0.717, 1.165) is 56.0 Å². The Morgan fingerprint density at radius 2 is 1.79 bits per heavy atom. The second kappa shape index (κ2) is 10.9. The molecule has 0 spiro atoms. The van der Waals surface area contributed by atoms with Crippen LogP contribution in [0.1, 0.15) is 37.3 Å². The summed E-state index contributed by atoms with van der Waals surface area (Å²) < 4.78 is 16.5. The fourth-order valence-corrected chi connectivity index (χ4v) is 6.29. The van der Waals surface area contributed by atoms with Crippen LogP contribution >= 0.6 is 11.6 Å². The van der Waals surface area contributed by atoms with Gasteiger partial charge >= 0.3 is 0 Å². The quantitative estimate of drug-likeness (QED) is 0.388. The molecule has 2 bridgehead atoms. The summed E-state index contributed by atoms with van der Waals surface area (Å²) in [5.41, 5.74) is 2.70. The molecule has 4 heterocycles. The normalized spacial score (nSPS) is 21.9. The number of nitrogens with zero attached hydrogens (tertiary/aromatic N) is 5. The summed E-state index contributed by atoms with van der Waals surface area (Å²) in [5.74, 6) is 1.02. The van der Waals surface area contributed by atoms with Crippen molar-refractivity contribution in [3.05, 3.63) is 70.5 Å². The Morgan fingerprint density at radius 1 is 1.08 bits per heavy atom. The molecule has 1 aromatic heterocycles. The Morgan fingerprint density at radius 3 is 2.46 bits per heavy atom. The van der Waals surface area contributed by atoms with E-state index in [1.54, 1.807) is 0 Å². The molecular formula is C31H36ClFN6. The lowest BCUT2D eigenvalue weighted by Crippen LogP contribution is -2.58. The van der Waals surface area contributed by atoms with Crippen molar-refractivity contribution < 1.29 is 4.39 Å². The number of likely N-dealkylation sites (N-methyl/N-ethyl adjacent to an activating group) is 1. The maximum atomic E-state index is 16.5. The number of allylic oxidation sites excluding steroid dienone is 3. The van der Waals surface area contributed by atoms with E-state index in [1.165, 1.54) is 0 Å². The zero-order valence-corrected chi connectivity index (χ0v) is 23.6. The van der Waals surface area contributed by atoms with Crippen molar-refractivity contribution >= 4 is 45.9 Å². The summed E-state index contributed by atoms with van der Waals surface area (Å²) in [6.07, 6.45) is 8.90. The van der Waals surface area contributed by atoms with Crippen LogP contribution in [0.3, 0.4) is 0 Å². The molecule has 3 aliphatic heterocycles. The average Bonchev–Trinajstić information content (AvgIpc) is 3.24. The number of fused-ring (bicyclic) bond motifs is 3. The number of benzene rings is 2. The first-order chi connectivity index (χ1) is 18.9. The van der Waals surface area contributed by atoms with Crippen molar-refractivity contribution in [3.63, 3.8) is 0 Å². The molecule has 39 heavy (non-hydrogen) atoms. The fraction of sp³-hybridized carbons (Fsp3) is 0.419. The van der Waals surface area contributed by atoms with Crippen LogP contribution in [0.5, 0.6) is 0 Å². The van der Waals surface area contributed by atoms with Crippen molar-refractivity contribution in [1.29, 1.82) is 0 Å². The van der Waals surface area contributed by atoms with Gasteiger partial charge in [0.25, 0.3) is 0 Å². The predicted octanol–water partition coefficient (Wildman–Crippen LogP) is 5.62. The van der Waals surface area contributed by atoms with E-state index in [4.69, 9.17) is 21.6 Å². The van der Waals surface area contributed by atoms with Crippen LogP contribution in [-0.4, -0.2) is 73.3 Å². The van der Waals surface area contributed by atoms with E-state index in [0.29, 0.717) is 52.0 Å². The number of halogens is 2. The number of hydrogen-bond donors (Lipinski definition) is 1. The highest BCUT2D eigenvalue weighted by atomic mass is 35.5. The monoisotopic (exact) mass is 546 g/mol. The first kappa shape index (κ1) is 26.2. The summed E-state index contributed by atoms with van der Waals surface area (Å²) in [7, 11) is 4.17. The van der Waals surface area contributed by atoms with Gasteiger partial charge < -0.3 is 20.0 Å². The van der Waals surface area contributed by atoms with Gasteiger partial charge in [-0.15, -0.1) is 0 Å². The lowest BCUT2D eigenvalue weighted by molar-refractivity contribution is 0.245. The standard InChI is InChI=1S/C31H36ClFN6/c1-4-21(12-8-11-20-9-6-5-7-10-20)27-26(32)15-25-29(28(27)33)35-31(39-18-24(19-39)37(2)3)36-30(25)38-16-22-13-14-23(17-38)34-22/h5-12,15,22-24,34H,4,13-14,16-19H2,1-3H3/b11-8-,21-12+. The summed E-state index contributed by atoms with van der Waals surface area (Å²) >= 11 is 6.85. The molecule has 0 aliphatic carbocycles. The first-order valence-electron chi connectivity index (χ1n) is 14.0. The highest BCUT2D eigenvalue weighted by Crippen LogP contribution is 2.39. The zero-order chi connectivity index (χ0) is 27.1. The number of nitrogens with one attached hydrogen (secondary N) is 1. The molecule has 3 aromatic rings. The van der Waals surface area contributed by atoms with Crippen LogP contribution in [0.4, 0.5) is 16.2 Å². The Hall–Kier alpha value is -3.00. The van der Waals surface area contributed by atoms with E-state index >= 15 is 4.39 Å². The lowest BCUT2D eigenvalue weighted by atomic mass is 9.99. The summed E-state index contributed by atoms with van der Waals surface area (Å²) in [6, 6.07) is 13.3. The van der Waals surface area contributed by atoms with Gasteiger partial charge in [0.05, 0.1) is 5.02 Å². The van der Waals surface area contributed by atoms with Gasteiger partial charge in [-0.25, -0.2) is 9.37 Å². The fourth-order valence-electron chi connectivity index (χ4n) is 5.98. The largest absolute Gasteiger partial charge is 0.353 e. The van der Waals surface area contributed by atoms with Crippen LogP contribution in [0.25, 0.3) is 22.6 Å². The van der Waals surface area contributed by atoms with Crippen LogP contribution in [0.15, 0.2) is 48.6 Å². The van der Waals surface area contributed by atoms with Gasteiger partial charge in [0, 0.05) is 55.3 Å². The molecule has 0 radical (unpaired) electrons. The topological polar surface area (TPSA) is 47.5 Å². The SMILES string of the molecule is CC/C(=C\C=C/c1ccccc1)c1c(Cl)cc2c(N3CC4CCC(C3)N4)nc(N3CC(N(C)C)C3)nc2c1F. The number of rotatable bonds is 7. The average molecular weight is 547 g/mol. The molecule has 204 valence electrons. The third kappa shape index (κ3) is 5.15. The molecule has 2 aromatic carbocycles. The van der Waals surface area contributed by atoms with Crippen molar-refractivity contribution in [2.24, 2.45) is 0 Å². The van der Waals surface area contributed by atoms with Crippen LogP contribution in [0.2, 0.25) is 5.02 Å². The van der Waals surface area contributed by atoms with Gasteiger partial charge in [-0.1, -0.05) is 67.1 Å². The highest BCUT2D eigenvalue weighted by Gasteiger charge is 2.36. The molecule has 3 saturated heterocycles. The molecule has 3 fully saturated rings. The Balaban J connectivity index is 1.43. The van der Waals surface area contributed by atoms with Crippen LogP contribution in [0, 0.1) is 5.82 Å². The van der Waals surface area contributed by atoms with E-state index in [-0.39, 0.29) is 5.82 Å². The first-order valence-corrected chi connectivity index (χ1v) is 14.3. The Labute approximate surface area is 235 Å². The van der Waals surface area contributed by atoms with Gasteiger partial charge in [0.1, 0.15) is 11.3 Å². The van der Waals surface area contributed by atoms with Crippen molar-refractivity contribution in [1.82, 2.24) is 20.2 Å². The third-order valence-electron chi connectivity index (χ3n) is 8.33. The molecule has 0 saturated carbocycles. The molecular weight excluding hydrogens is 511 g/mol. The van der Waals surface area contributed by atoms with E-state index in [9.17, 15) is 0 Å². The molecule has 2 unspecified atom stereocenters. The number of hydrogen-bond acceptors (Lipinski definition) is 6. The van der Waals surface area contributed by atoms with E-state index < -0.39 is 0 Å². The number of aromatic nitrogens is 2. The molecule has 6 rings (SSSR count). The predicted molar refractivity (Wildman–Crippen MR) is 160 cm³/mol. The summed E-state index contributed by atoms with van der Waals surface area (Å²) in [4.78, 5) is 16.5. The lowest BCUT2D eigenvalue weighted by Gasteiger charge is -2.43. The summed E-state index contributed by atoms with van der Waals surface area (Å²) in [5, 5.41) is 4.77. The van der Waals surface area contributed by atoms with Gasteiger partial charge in [-0.05, 0) is 50.6 Å². The minimum Gasteiger partial charge on any atom is -0.353 e. The second-order valence-corrected chi connectivity index (χ2v) is 11.6. The molecule has 3 aliphatic rings. The summed E-state index contributed by atoms with van der Waals surface area (Å²) in [6.45, 7) is 5.40. The van der Waals surface area contributed by atoms with Crippen LogP contribution in [-0.2, 0) is 0 Å². The van der Waals surface area contributed by atoms with Gasteiger partial charge in [0.2, 0.25) is 5.95 Å². The number of anilines is 2. The zero-order valence-electron chi connectivity index (χ0n) is 22.9. The van der Waals surface area contributed by atoms with Crippen molar-refractivity contribution in [2.75, 3.05) is 50.1 Å². The van der Waals surface area contributed by atoms with E-state index in [1.807, 2.05) is 61.5 Å². The van der Waals surface area contributed by atoms with Crippen molar-refractivity contribution in [2.45, 2.75) is 44.3 Å². The van der Waals surface area contributed by atoms with Crippen LogP contribution < -0.4 is 15.1 Å². The third-order valence-corrected chi connectivity index (χ3v) is 8.63. The molecule has 1 N–H and O–H groups in total. The smallest absolute Gasteiger partial charge is 0.228 e. The Kier molecular flexibility index (Phi) is 7.31. The molecule has 6 nitrogen and oxygen atoms in total. The minimum absolute atomic E-state index is 0.347. The maximum absolute atomic E-state index is 16.5. The molecule has 2 atom stereocenters. The molecule has 8 heteroatoms. The maximum Gasteiger partial charge on any atom is 0.228 e. The van der Waals surface area contributed by atoms with Gasteiger partial charge in [-0.3, -0.25) is 0 Å². The highest BCUT2D eigenvalue weighted by molar-refractivity contribution is 6.33. The number of piperazine rings is 1. The Bertz CT molecular complexity index is 1400. The van der Waals surface area contributed by atoms with Gasteiger partial charge in [-0.2, -0.15) is 4.98 Å².